The fraction of sp³-hybridized carbons (Fsp3) is 0. The van der Waals surface area contributed by atoms with Gasteiger partial charge in [0.25, 0.3) is 0 Å². The van der Waals surface area contributed by atoms with Crippen LogP contribution in [0, 0.1) is 0 Å². The lowest BCUT2D eigenvalue weighted by molar-refractivity contribution is -1.02. The second kappa shape index (κ2) is 9.99. The number of aromatic nitrogens is 6. The average Bonchev–Trinajstić information content (AvgIpc) is 4.09. The highest BCUT2D eigenvalue weighted by Gasteiger charge is 2.72. The van der Waals surface area contributed by atoms with Gasteiger partial charge in [0.2, 0.25) is 39.0 Å². The smallest absolute Gasteiger partial charge is 0.350 e. The Kier molecular flexibility index (Phi) is 4.90. The highest BCUT2D eigenvalue weighted by Crippen LogP contribution is 2.59. The summed E-state index contributed by atoms with van der Waals surface area (Å²) in [7, 11) is -6.13. The first-order chi connectivity index (χ1) is 32.8. The number of quaternary nitrogens is 1. The largest absolute Gasteiger partial charge is 0.440 e. The number of ether oxygens (including phenoxy) is 1. The first-order valence-electron chi connectivity index (χ1n) is 22.8. The number of rotatable bonds is 0. The molecule has 0 bridgehead atoms. The molecule has 6 aromatic carbocycles. The number of nitrogens with zero attached hydrogens (tertiary/aromatic N) is 7. The predicted molar refractivity (Wildman–Crippen MR) is 262 cm³/mol. The molecule has 3 spiro atoms. The second-order valence-corrected chi connectivity index (χ2v) is 26.2. The zero-order valence-electron chi connectivity index (χ0n) is 34.9. The summed E-state index contributed by atoms with van der Waals surface area (Å²) < 4.78 is 17.9. The maximum Gasteiger partial charge on any atom is 0.350 e. The summed E-state index contributed by atoms with van der Waals surface area (Å²) in [6.07, 6.45) is 8.73. The SMILES string of the molecule is c1ccc2c(c1)-c1ccccc1[Si]21c2ncc3c4c2-n2c5c1cccc5c1ccc[n+](c12)[N+]41c2c(cnc4c2-n2c5c(cccc5c5ccc[n+]1c52)[Si]41c2ccccc2-c2ccccc21)O3. The van der Waals surface area contributed by atoms with Gasteiger partial charge in [-0.3, -0.25) is 9.97 Å². The third kappa shape index (κ3) is 2.85. The van der Waals surface area contributed by atoms with Crippen LogP contribution in [0.25, 0.3) is 77.5 Å². The van der Waals surface area contributed by atoms with E-state index in [9.17, 15) is 0 Å². The van der Waals surface area contributed by atoms with Crippen molar-refractivity contribution in [2.75, 3.05) is 0 Å². The van der Waals surface area contributed by atoms with Gasteiger partial charge in [0, 0.05) is 21.1 Å². The van der Waals surface area contributed by atoms with Crippen molar-refractivity contribution < 1.29 is 14.1 Å². The molecule has 0 atom stereocenters. The molecule has 0 saturated carbocycles. The maximum atomic E-state index is 7.43. The van der Waals surface area contributed by atoms with Crippen LogP contribution in [0.2, 0.25) is 0 Å². The predicted octanol–water partition coefficient (Wildman–Crippen LogP) is 4.89. The van der Waals surface area contributed by atoms with E-state index in [0.717, 1.165) is 56.2 Å². The maximum absolute atomic E-state index is 7.43. The third-order valence-electron chi connectivity index (χ3n) is 16.7. The van der Waals surface area contributed by atoms with Crippen molar-refractivity contribution in [1.82, 2.24) is 23.8 Å². The van der Waals surface area contributed by atoms with Crippen LogP contribution in [-0.2, 0) is 0 Å². The average molecular weight is 873 g/mol. The lowest BCUT2D eigenvalue weighted by atomic mass is 10.1. The molecule has 0 fully saturated rings. The van der Waals surface area contributed by atoms with Gasteiger partial charge >= 0.3 is 22.7 Å². The molecule has 66 heavy (non-hydrogen) atoms. The van der Waals surface area contributed by atoms with Gasteiger partial charge in [0.05, 0.1) is 38.5 Å². The Morgan fingerprint density at radius 2 is 0.788 bits per heavy atom. The van der Waals surface area contributed by atoms with Crippen LogP contribution in [-0.4, -0.2) is 35.2 Å². The molecule has 300 valence electrons. The van der Waals surface area contributed by atoms with Crippen molar-refractivity contribution in [3.05, 3.63) is 183 Å². The Morgan fingerprint density at radius 3 is 1.21 bits per heavy atom. The van der Waals surface area contributed by atoms with Crippen LogP contribution in [0.1, 0.15) is 0 Å². The molecule has 8 nitrogen and oxygen atoms in total. The minimum Gasteiger partial charge on any atom is -0.440 e. The van der Waals surface area contributed by atoms with Crippen molar-refractivity contribution in [3.63, 3.8) is 0 Å². The number of pyridine rings is 4. The molecule has 12 aromatic rings. The van der Waals surface area contributed by atoms with Crippen LogP contribution >= 0.6 is 0 Å². The van der Waals surface area contributed by atoms with E-state index in [4.69, 9.17) is 14.7 Å². The normalized spacial score (nSPS) is 16.7. The minimum atomic E-state index is -3.07. The minimum absolute atomic E-state index is 0.230. The number of para-hydroxylation sites is 2. The fourth-order valence-corrected chi connectivity index (χ4v) is 25.5. The summed E-state index contributed by atoms with van der Waals surface area (Å²) in [5.41, 5.74) is 14.5. The van der Waals surface area contributed by atoms with Crippen molar-refractivity contribution in [3.8, 4) is 45.1 Å². The number of fused-ring (bicyclic) bond motifs is 16. The highest BCUT2D eigenvalue weighted by atomic mass is 28.3. The summed E-state index contributed by atoms with van der Waals surface area (Å²) in [6, 6.07) is 60.0. The Morgan fingerprint density at radius 1 is 0.409 bits per heavy atom. The lowest BCUT2D eigenvalue weighted by Crippen LogP contribution is -2.88. The van der Waals surface area contributed by atoms with Crippen LogP contribution in [0.4, 0.5) is 11.4 Å². The van der Waals surface area contributed by atoms with E-state index in [-0.39, 0.29) is 4.70 Å². The van der Waals surface area contributed by atoms with Crippen molar-refractivity contribution >= 4 is 113 Å². The van der Waals surface area contributed by atoms with E-state index >= 15 is 0 Å². The van der Waals surface area contributed by atoms with E-state index in [2.05, 4.69) is 201 Å². The summed E-state index contributed by atoms with van der Waals surface area (Å²) in [6.45, 7) is 0. The monoisotopic (exact) mass is 872 g/mol. The van der Waals surface area contributed by atoms with Gasteiger partial charge in [0.15, 0.2) is 12.4 Å². The Hall–Kier alpha value is -8.29. The standard InChI is InChI=1S/C56H30N7OSi2/c1-5-21-41-31(13-1)32-14-2-6-22-42(32)65(41)45-25-9-17-35-37-19-11-27-59-55(37)61(47(35)45)49-51-39(29-57-53(49)65)64-40-30-58-54-50-52(40)63(51,59)60-28-12-20-38-36-18-10-26-46(48(36)62(50)56(38)60)66(54)43-23-7-3-15-33(43)34-16-4-8-24-44(34)66/h1-30H/q+3. The van der Waals surface area contributed by atoms with E-state index in [0.29, 0.717) is 0 Å². The van der Waals surface area contributed by atoms with Gasteiger partial charge in [-0.15, -0.1) is 0 Å². The second-order valence-electron chi connectivity index (χ2n) is 19.0. The molecule has 0 N–H and O–H groups in total. The molecule has 0 unspecified atom stereocenters. The molecular formula is C56H30N7OSi2+3. The van der Waals surface area contributed by atoms with E-state index in [1.807, 2.05) is 0 Å². The van der Waals surface area contributed by atoms with Crippen LogP contribution in [0.15, 0.2) is 183 Å². The molecule has 19 rings (SSSR count). The van der Waals surface area contributed by atoms with Gasteiger partial charge in [-0.2, -0.15) is 9.13 Å². The first kappa shape index (κ1) is 32.4. The summed E-state index contributed by atoms with van der Waals surface area (Å²) in [4.78, 5) is 11.5. The van der Waals surface area contributed by atoms with Crippen molar-refractivity contribution in [2.24, 2.45) is 0 Å². The zero-order valence-corrected chi connectivity index (χ0v) is 36.9. The van der Waals surface area contributed by atoms with Crippen LogP contribution in [0.5, 0.6) is 11.5 Å². The lowest BCUT2D eigenvalue weighted by Gasteiger charge is -2.42. The molecule has 0 saturated heterocycles. The first-order valence-corrected chi connectivity index (χ1v) is 26.8. The summed E-state index contributed by atoms with van der Waals surface area (Å²) in [5, 5.41) is 15.6. The molecule has 10 heteroatoms. The molecule has 13 heterocycles. The molecular weight excluding hydrogens is 843 g/mol. The quantitative estimate of drug-likeness (QED) is 0.124. The molecule has 0 aliphatic carbocycles. The molecule has 7 aliphatic rings. The Balaban J connectivity index is 1.09. The van der Waals surface area contributed by atoms with Gasteiger partial charge in [-0.1, -0.05) is 121 Å². The van der Waals surface area contributed by atoms with Gasteiger partial charge in [-0.05, 0) is 88.8 Å². The molecule has 0 amide bonds. The van der Waals surface area contributed by atoms with Crippen LogP contribution < -0.4 is 60.5 Å². The van der Waals surface area contributed by atoms with E-state index in [1.165, 1.54) is 86.0 Å². The number of benzene rings is 6. The summed E-state index contributed by atoms with van der Waals surface area (Å²) >= 11 is 0. The third-order valence-corrected chi connectivity index (χ3v) is 26.3. The van der Waals surface area contributed by atoms with Crippen molar-refractivity contribution in [2.45, 2.75) is 0 Å². The van der Waals surface area contributed by atoms with Gasteiger partial charge < -0.3 is 4.74 Å². The number of hydrogen-bond donors (Lipinski definition) is 0. The topological polar surface area (TPSA) is 52.6 Å². The fourth-order valence-electron chi connectivity index (χ4n) is 14.8. The van der Waals surface area contributed by atoms with Crippen molar-refractivity contribution in [1.29, 1.82) is 0 Å². The highest BCUT2D eigenvalue weighted by molar-refractivity contribution is 7.24. The zero-order chi connectivity index (χ0) is 42.2. The Labute approximate surface area is 376 Å². The van der Waals surface area contributed by atoms with Gasteiger partial charge in [-0.25, -0.2) is 0 Å². The molecule has 7 aliphatic heterocycles. The Bertz CT molecular complexity index is 4110. The van der Waals surface area contributed by atoms with Gasteiger partial charge in [0.1, 0.15) is 11.0 Å². The summed E-state index contributed by atoms with van der Waals surface area (Å²) in [5.74, 6) is 1.49. The molecule has 6 aromatic heterocycles. The molecule has 0 radical (unpaired) electrons. The van der Waals surface area contributed by atoms with E-state index < -0.39 is 16.1 Å². The number of hydrogen-bond acceptors (Lipinski definition) is 3. The van der Waals surface area contributed by atoms with E-state index in [1.54, 1.807) is 0 Å². The van der Waals surface area contributed by atoms with Crippen LogP contribution in [0.3, 0.4) is 0 Å².